The van der Waals surface area contributed by atoms with E-state index in [1.165, 1.54) is 10.5 Å². The fourth-order valence-electron chi connectivity index (χ4n) is 3.12. The number of methoxy groups -OCH3 is 2. The molecule has 1 aliphatic heterocycles. The predicted octanol–water partition coefficient (Wildman–Crippen LogP) is 5.04. The summed E-state index contributed by atoms with van der Waals surface area (Å²) in [5.74, 6) is 1.50. The maximum absolute atomic E-state index is 5.48. The largest absolute Gasteiger partial charge is 0.493 e. The highest BCUT2D eigenvalue weighted by Gasteiger charge is 2.25. The van der Waals surface area contributed by atoms with Crippen LogP contribution in [0, 0.1) is 0 Å². The minimum Gasteiger partial charge on any atom is -0.493 e. The first kappa shape index (κ1) is 16.5. The van der Waals surface area contributed by atoms with Gasteiger partial charge in [-0.15, -0.1) is 0 Å². The first-order valence-electron chi connectivity index (χ1n) is 7.95. The van der Waals surface area contributed by atoms with Crippen molar-refractivity contribution < 1.29 is 9.47 Å². The molecule has 128 valence electrons. The Morgan fingerprint density at radius 2 is 1.80 bits per heavy atom. The van der Waals surface area contributed by atoms with Gasteiger partial charge < -0.3 is 14.0 Å². The van der Waals surface area contributed by atoms with E-state index in [1.54, 1.807) is 26.0 Å². The summed E-state index contributed by atoms with van der Waals surface area (Å²) in [6, 6.07) is 14.4. The van der Waals surface area contributed by atoms with Crippen LogP contribution in [0.25, 0.3) is 11.3 Å². The third-order valence-electron chi connectivity index (χ3n) is 4.31. The van der Waals surface area contributed by atoms with Crippen LogP contribution in [0.3, 0.4) is 0 Å². The average molecular weight is 417 g/mol. The third-order valence-corrected chi connectivity index (χ3v) is 5.87. The van der Waals surface area contributed by atoms with Gasteiger partial charge in [0.1, 0.15) is 4.60 Å². The number of nitrogens with zero attached hydrogens (tertiary/aromatic N) is 2. The van der Waals surface area contributed by atoms with Gasteiger partial charge in [0.2, 0.25) is 0 Å². The molecule has 1 aromatic heterocycles. The quantitative estimate of drug-likeness (QED) is 0.596. The molecule has 0 N–H and O–H groups in total. The molecule has 4 nitrogen and oxygen atoms in total. The molecule has 4 rings (SSSR count). The van der Waals surface area contributed by atoms with Crippen molar-refractivity contribution >= 4 is 27.7 Å². The molecule has 0 aliphatic carbocycles. The van der Waals surface area contributed by atoms with Crippen molar-refractivity contribution in [1.29, 1.82) is 0 Å². The van der Waals surface area contributed by atoms with Crippen molar-refractivity contribution in [2.45, 2.75) is 23.0 Å². The van der Waals surface area contributed by atoms with Gasteiger partial charge >= 0.3 is 0 Å². The van der Waals surface area contributed by atoms with Crippen LogP contribution in [-0.4, -0.2) is 23.8 Å². The van der Waals surface area contributed by atoms with Gasteiger partial charge in [-0.1, -0.05) is 30.0 Å². The second-order valence-corrected chi connectivity index (χ2v) is 7.51. The molecule has 0 saturated heterocycles. The zero-order valence-electron chi connectivity index (χ0n) is 14.0. The number of rotatable bonds is 4. The van der Waals surface area contributed by atoms with Gasteiger partial charge in [-0.2, -0.15) is 0 Å². The van der Waals surface area contributed by atoms with Crippen LogP contribution in [0.15, 0.2) is 57.1 Å². The van der Waals surface area contributed by atoms with Crippen molar-refractivity contribution in [2.75, 3.05) is 14.2 Å². The Bertz CT molecular complexity index is 925. The Balaban J connectivity index is 1.81. The lowest BCUT2D eigenvalue weighted by Gasteiger charge is -2.22. The summed E-state index contributed by atoms with van der Waals surface area (Å²) in [5, 5.41) is 0.994. The smallest absolute Gasteiger partial charge is 0.174 e. The van der Waals surface area contributed by atoms with Gasteiger partial charge in [-0.05, 0) is 52.2 Å². The van der Waals surface area contributed by atoms with Crippen LogP contribution in [0.2, 0.25) is 0 Å². The molecule has 1 aliphatic rings. The Kier molecular flexibility index (Phi) is 4.48. The van der Waals surface area contributed by atoms with E-state index in [0.29, 0.717) is 0 Å². The second-order valence-electron chi connectivity index (χ2n) is 5.71. The molecule has 0 amide bonds. The molecule has 3 aromatic rings. The lowest BCUT2D eigenvalue weighted by atomic mass is 9.98. The summed E-state index contributed by atoms with van der Waals surface area (Å²) < 4.78 is 14.1. The van der Waals surface area contributed by atoms with Crippen molar-refractivity contribution in [3.63, 3.8) is 0 Å². The molecule has 0 radical (unpaired) electrons. The summed E-state index contributed by atoms with van der Waals surface area (Å²) in [4.78, 5) is 5.94. The Labute approximate surface area is 159 Å². The SMILES string of the molecule is COc1cc2c(cc1OC)-c1c(Br)nc(Sc3ccccc3)n1CC2. The molecule has 2 heterocycles. The lowest BCUT2D eigenvalue weighted by molar-refractivity contribution is 0.354. The summed E-state index contributed by atoms with van der Waals surface area (Å²) >= 11 is 5.33. The van der Waals surface area contributed by atoms with Crippen LogP contribution in [-0.2, 0) is 13.0 Å². The molecule has 2 aromatic carbocycles. The number of aromatic nitrogens is 2. The molecule has 0 bridgehead atoms. The number of hydrogen-bond donors (Lipinski definition) is 0. The van der Waals surface area contributed by atoms with Crippen LogP contribution in [0.4, 0.5) is 0 Å². The number of aryl methyl sites for hydroxylation is 1. The van der Waals surface area contributed by atoms with E-state index in [4.69, 9.17) is 14.5 Å². The van der Waals surface area contributed by atoms with Gasteiger partial charge in [0.15, 0.2) is 16.7 Å². The van der Waals surface area contributed by atoms with Crippen molar-refractivity contribution in [1.82, 2.24) is 9.55 Å². The molecule has 25 heavy (non-hydrogen) atoms. The van der Waals surface area contributed by atoms with Gasteiger partial charge in [-0.25, -0.2) is 4.98 Å². The Morgan fingerprint density at radius 3 is 2.52 bits per heavy atom. The molecule has 6 heteroatoms. The molecule has 0 fully saturated rings. The van der Waals surface area contributed by atoms with E-state index in [-0.39, 0.29) is 0 Å². The van der Waals surface area contributed by atoms with E-state index in [2.05, 4.69) is 38.7 Å². The number of fused-ring (bicyclic) bond motifs is 3. The first-order valence-corrected chi connectivity index (χ1v) is 9.56. The number of halogens is 1. The van der Waals surface area contributed by atoms with Crippen molar-refractivity contribution in [2.24, 2.45) is 0 Å². The molecule has 0 unspecified atom stereocenters. The van der Waals surface area contributed by atoms with Gasteiger partial charge in [-0.3, -0.25) is 0 Å². The number of benzene rings is 2. The van der Waals surface area contributed by atoms with Gasteiger partial charge in [0.05, 0.1) is 19.9 Å². The van der Waals surface area contributed by atoms with Crippen LogP contribution >= 0.6 is 27.7 Å². The number of hydrogen-bond acceptors (Lipinski definition) is 4. The number of imidazole rings is 1. The van der Waals surface area contributed by atoms with Gasteiger partial charge in [0, 0.05) is 17.0 Å². The number of ether oxygens (including phenoxy) is 2. The molecule has 0 spiro atoms. The van der Waals surface area contributed by atoms with Crippen LogP contribution in [0.1, 0.15) is 5.56 Å². The minimum absolute atomic E-state index is 0.736. The van der Waals surface area contributed by atoms with Crippen LogP contribution in [0.5, 0.6) is 11.5 Å². The third kappa shape index (κ3) is 2.93. The Hall–Kier alpha value is -1.92. The summed E-state index contributed by atoms with van der Waals surface area (Å²) in [5.41, 5.74) is 3.49. The first-order chi connectivity index (χ1) is 12.2. The molecule has 0 atom stereocenters. The van der Waals surface area contributed by atoms with E-state index in [9.17, 15) is 0 Å². The summed E-state index contributed by atoms with van der Waals surface area (Å²) in [6.07, 6.45) is 0.938. The fourth-order valence-corrected chi connectivity index (χ4v) is 4.77. The highest BCUT2D eigenvalue weighted by molar-refractivity contribution is 9.10. The Morgan fingerprint density at radius 1 is 1.08 bits per heavy atom. The second kappa shape index (κ2) is 6.77. The van der Waals surface area contributed by atoms with Crippen molar-refractivity contribution in [3.8, 4) is 22.8 Å². The summed E-state index contributed by atoms with van der Waals surface area (Å²) in [6.45, 7) is 0.894. The monoisotopic (exact) mass is 416 g/mol. The maximum atomic E-state index is 5.48. The van der Waals surface area contributed by atoms with Crippen molar-refractivity contribution in [3.05, 3.63) is 52.6 Å². The lowest BCUT2D eigenvalue weighted by Crippen LogP contribution is -2.12. The van der Waals surface area contributed by atoms with Crippen LogP contribution < -0.4 is 9.47 Å². The fraction of sp³-hybridized carbons (Fsp3) is 0.211. The van der Waals surface area contributed by atoms with Gasteiger partial charge in [0.25, 0.3) is 0 Å². The molecular weight excluding hydrogens is 400 g/mol. The van der Waals surface area contributed by atoms with E-state index < -0.39 is 0 Å². The highest BCUT2D eigenvalue weighted by Crippen LogP contribution is 2.43. The molecule has 0 saturated carbocycles. The minimum atomic E-state index is 0.736. The topological polar surface area (TPSA) is 36.3 Å². The normalized spacial score (nSPS) is 12.4. The zero-order chi connectivity index (χ0) is 17.4. The van der Waals surface area contributed by atoms with E-state index in [1.807, 2.05) is 24.3 Å². The zero-order valence-corrected chi connectivity index (χ0v) is 16.4. The van der Waals surface area contributed by atoms with E-state index >= 15 is 0 Å². The summed E-state index contributed by atoms with van der Waals surface area (Å²) in [7, 11) is 3.33. The average Bonchev–Trinajstić information content (AvgIpc) is 2.97. The van der Waals surface area contributed by atoms with E-state index in [0.717, 1.165) is 45.5 Å². The maximum Gasteiger partial charge on any atom is 0.174 e. The highest BCUT2D eigenvalue weighted by atomic mass is 79.9. The predicted molar refractivity (Wildman–Crippen MR) is 103 cm³/mol. The standard InChI is InChI=1S/C19H17BrN2O2S/c1-23-15-10-12-8-9-22-17(14(12)11-16(15)24-2)18(20)21-19(22)25-13-6-4-3-5-7-13/h3-7,10-11H,8-9H2,1-2H3. The molecular formula is C19H17BrN2O2S.